The summed E-state index contributed by atoms with van der Waals surface area (Å²) in [6.07, 6.45) is 0. The Bertz CT molecular complexity index is 467. The molecule has 0 saturated carbocycles. The van der Waals surface area contributed by atoms with Crippen LogP contribution in [0.4, 0.5) is 10.2 Å². The van der Waals surface area contributed by atoms with Gasteiger partial charge >= 0.3 is 0 Å². The standard InChI is InChI=1S/C8H5ClFN3/c9-8-12-6-3-4(10)1-2-5(6)7(11)13-8/h1-3H,(H2,11,12,13). The van der Waals surface area contributed by atoms with Crippen molar-refractivity contribution in [3.8, 4) is 0 Å². The summed E-state index contributed by atoms with van der Waals surface area (Å²) in [4.78, 5) is 7.57. The smallest absolute Gasteiger partial charge is 0.224 e. The molecular weight excluding hydrogens is 193 g/mol. The molecule has 5 heteroatoms. The summed E-state index contributed by atoms with van der Waals surface area (Å²) in [5.74, 6) is -0.114. The number of anilines is 1. The molecule has 13 heavy (non-hydrogen) atoms. The second kappa shape index (κ2) is 2.81. The first-order valence-electron chi connectivity index (χ1n) is 3.55. The second-order valence-electron chi connectivity index (χ2n) is 2.54. The Labute approximate surface area is 78.4 Å². The first-order chi connectivity index (χ1) is 6.16. The monoisotopic (exact) mass is 197 g/mol. The first kappa shape index (κ1) is 8.19. The fraction of sp³-hybridized carbons (Fsp3) is 0. The van der Waals surface area contributed by atoms with E-state index in [0.717, 1.165) is 0 Å². The molecule has 2 rings (SSSR count). The van der Waals surface area contributed by atoms with Crippen molar-refractivity contribution in [2.24, 2.45) is 0 Å². The van der Waals surface area contributed by atoms with Crippen LogP contribution in [0.1, 0.15) is 0 Å². The number of halogens is 2. The topological polar surface area (TPSA) is 51.8 Å². The molecule has 0 unspecified atom stereocenters. The predicted octanol–water partition coefficient (Wildman–Crippen LogP) is 2.00. The molecule has 1 heterocycles. The van der Waals surface area contributed by atoms with Gasteiger partial charge in [-0.05, 0) is 23.7 Å². The minimum atomic E-state index is -0.373. The number of fused-ring (bicyclic) bond motifs is 1. The van der Waals surface area contributed by atoms with Gasteiger partial charge in [0.1, 0.15) is 11.6 Å². The molecule has 0 atom stereocenters. The third kappa shape index (κ3) is 1.40. The van der Waals surface area contributed by atoms with E-state index >= 15 is 0 Å². The quantitative estimate of drug-likeness (QED) is 0.658. The highest BCUT2D eigenvalue weighted by molar-refractivity contribution is 6.28. The summed E-state index contributed by atoms with van der Waals surface area (Å²) < 4.78 is 12.8. The van der Waals surface area contributed by atoms with Gasteiger partial charge in [-0.15, -0.1) is 0 Å². The van der Waals surface area contributed by atoms with Gasteiger partial charge in [0.25, 0.3) is 0 Å². The van der Waals surface area contributed by atoms with E-state index in [4.69, 9.17) is 17.3 Å². The van der Waals surface area contributed by atoms with Crippen LogP contribution in [0, 0.1) is 5.82 Å². The zero-order valence-electron chi connectivity index (χ0n) is 6.46. The first-order valence-corrected chi connectivity index (χ1v) is 3.93. The Morgan fingerprint density at radius 3 is 2.85 bits per heavy atom. The summed E-state index contributed by atoms with van der Waals surface area (Å²) in [5.41, 5.74) is 5.96. The van der Waals surface area contributed by atoms with Crippen molar-refractivity contribution in [2.75, 3.05) is 5.73 Å². The van der Waals surface area contributed by atoms with Crippen molar-refractivity contribution in [3.63, 3.8) is 0 Å². The van der Waals surface area contributed by atoms with Crippen LogP contribution in [-0.4, -0.2) is 9.97 Å². The van der Waals surface area contributed by atoms with Crippen LogP contribution in [0.5, 0.6) is 0 Å². The highest BCUT2D eigenvalue weighted by atomic mass is 35.5. The zero-order valence-corrected chi connectivity index (χ0v) is 7.22. The van der Waals surface area contributed by atoms with Crippen molar-refractivity contribution in [1.82, 2.24) is 9.97 Å². The molecule has 0 aliphatic rings. The molecule has 0 aliphatic carbocycles. The summed E-state index contributed by atoms with van der Waals surface area (Å²) in [7, 11) is 0. The van der Waals surface area contributed by atoms with E-state index in [9.17, 15) is 4.39 Å². The van der Waals surface area contributed by atoms with Crippen LogP contribution < -0.4 is 5.73 Å². The number of nitrogens with two attached hydrogens (primary N) is 1. The van der Waals surface area contributed by atoms with E-state index in [-0.39, 0.29) is 16.9 Å². The van der Waals surface area contributed by atoms with Crippen molar-refractivity contribution < 1.29 is 4.39 Å². The fourth-order valence-corrected chi connectivity index (χ4v) is 1.28. The number of benzene rings is 1. The molecule has 3 nitrogen and oxygen atoms in total. The molecule has 0 fully saturated rings. The maximum atomic E-state index is 12.8. The van der Waals surface area contributed by atoms with E-state index < -0.39 is 0 Å². The molecule has 1 aromatic heterocycles. The van der Waals surface area contributed by atoms with E-state index in [1.165, 1.54) is 18.2 Å². The maximum absolute atomic E-state index is 12.8. The fourth-order valence-electron chi connectivity index (χ4n) is 1.10. The third-order valence-corrected chi connectivity index (χ3v) is 1.83. The van der Waals surface area contributed by atoms with Crippen molar-refractivity contribution in [2.45, 2.75) is 0 Å². The number of hydrogen-bond donors (Lipinski definition) is 1. The molecule has 0 spiro atoms. The summed E-state index contributed by atoms with van der Waals surface area (Å²) in [6.45, 7) is 0. The minimum absolute atomic E-state index is 0.0237. The summed E-state index contributed by atoms with van der Waals surface area (Å²) >= 11 is 5.55. The number of rotatable bonds is 0. The van der Waals surface area contributed by atoms with Crippen molar-refractivity contribution in [3.05, 3.63) is 29.3 Å². The van der Waals surface area contributed by atoms with Gasteiger partial charge in [0.15, 0.2) is 0 Å². The van der Waals surface area contributed by atoms with Gasteiger partial charge in [0, 0.05) is 11.5 Å². The van der Waals surface area contributed by atoms with E-state index in [0.29, 0.717) is 10.9 Å². The lowest BCUT2D eigenvalue weighted by Crippen LogP contribution is -1.95. The molecule has 0 amide bonds. The van der Waals surface area contributed by atoms with E-state index in [1.807, 2.05) is 0 Å². The van der Waals surface area contributed by atoms with Crippen LogP contribution in [0.3, 0.4) is 0 Å². The molecule has 66 valence electrons. The molecule has 0 saturated heterocycles. The van der Waals surface area contributed by atoms with Crippen molar-refractivity contribution in [1.29, 1.82) is 0 Å². The Morgan fingerprint density at radius 1 is 1.31 bits per heavy atom. The molecule has 0 radical (unpaired) electrons. The lowest BCUT2D eigenvalue weighted by molar-refractivity contribution is 0.629. The van der Waals surface area contributed by atoms with Gasteiger partial charge in [-0.1, -0.05) is 0 Å². The summed E-state index contributed by atoms with van der Waals surface area (Å²) in [5, 5.41) is 0.626. The van der Waals surface area contributed by atoms with Gasteiger partial charge < -0.3 is 5.73 Å². The number of nitrogen functional groups attached to an aromatic ring is 1. The molecule has 2 aromatic rings. The Kier molecular flexibility index (Phi) is 1.77. The highest BCUT2D eigenvalue weighted by Gasteiger charge is 2.03. The van der Waals surface area contributed by atoms with Gasteiger partial charge in [-0.25, -0.2) is 14.4 Å². The highest BCUT2D eigenvalue weighted by Crippen LogP contribution is 2.19. The molecule has 1 aromatic carbocycles. The average molecular weight is 198 g/mol. The van der Waals surface area contributed by atoms with Crippen LogP contribution >= 0.6 is 11.6 Å². The summed E-state index contributed by atoms with van der Waals surface area (Å²) in [6, 6.07) is 4.09. The van der Waals surface area contributed by atoms with Crippen molar-refractivity contribution >= 4 is 28.3 Å². The predicted molar refractivity (Wildman–Crippen MR) is 48.9 cm³/mol. The second-order valence-corrected chi connectivity index (χ2v) is 2.88. The Hall–Kier alpha value is -1.42. The third-order valence-electron chi connectivity index (χ3n) is 1.66. The molecule has 2 N–H and O–H groups in total. The Balaban J connectivity index is 2.86. The zero-order chi connectivity index (χ0) is 9.42. The van der Waals surface area contributed by atoms with Crippen LogP contribution in [0.25, 0.3) is 10.9 Å². The molecular formula is C8H5ClFN3. The SMILES string of the molecule is Nc1nc(Cl)nc2cc(F)ccc12. The normalized spacial score (nSPS) is 10.6. The van der Waals surface area contributed by atoms with Gasteiger partial charge in [0.05, 0.1) is 5.52 Å². The minimum Gasteiger partial charge on any atom is -0.383 e. The largest absolute Gasteiger partial charge is 0.383 e. The number of hydrogen-bond acceptors (Lipinski definition) is 3. The Morgan fingerprint density at radius 2 is 2.08 bits per heavy atom. The lowest BCUT2D eigenvalue weighted by Gasteiger charge is -2.00. The lowest BCUT2D eigenvalue weighted by atomic mass is 10.2. The van der Waals surface area contributed by atoms with Crippen LogP contribution in [-0.2, 0) is 0 Å². The number of aromatic nitrogens is 2. The van der Waals surface area contributed by atoms with E-state index in [1.54, 1.807) is 0 Å². The van der Waals surface area contributed by atoms with Crippen LogP contribution in [0.15, 0.2) is 18.2 Å². The maximum Gasteiger partial charge on any atom is 0.224 e. The number of nitrogens with zero attached hydrogens (tertiary/aromatic N) is 2. The van der Waals surface area contributed by atoms with E-state index in [2.05, 4.69) is 9.97 Å². The van der Waals surface area contributed by atoms with Gasteiger partial charge in [-0.3, -0.25) is 0 Å². The van der Waals surface area contributed by atoms with Crippen LogP contribution in [0.2, 0.25) is 5.28 Å². The molecule has 0 aliphatic heterocycles. The molecule has 0 bridgehead atoms. The van der Waals surface area contributed by atoms with Gasteiger partial charge in [0.2, 0.25) is 5.28 Å². The van der Waals surface area contributed by atoms with Gasteiger partial charge in [-0.2, -0.15) is 0 Å². The average Bonchev–Trinajstić information content (AvgIpc) is 2.02.